The van der Waals surface area contributed by atoms with Gasteiger partial charge in [-0.3, -0.25) is 9.59 Å². The van der Waals surface area contributed by atoms with Gasteiger partial charge >= 0.3 is 0 Å². The molecule has 1 aromatic heterocycles. The Kier molecular flexibility index (Phi) is 5.36. The molecular weight excluding hydrogens is 332 g/mol. The molecule has 5 heteroatoms. The molecule has 3 aromatic rings. The number of aryl methyl sites for hydroxylation is 1. The van der Waals surface area contributed by atoms with Crippen molar-refractivity contribution < 1.29 is 4.79 Å². The Morgan fingerprint density at radius 2 is 1.68 bits per heavy atom. The fraction of sp³-hybridized carbons (Fsp3) is 0.100. The molecule has 4 nitrogen and oxygen atoms in total. The summed E-state index contributed by atoms with van der Waals surface area (Å²) in [6, 6.07) is 22.6. The van der Waals surface area contributed by atoms with Gasteiger partial charge < -0.3 is 9.88 Å². The van der Waals surface area contributed by atoms with Crippen molar-refractivity contribution in [1.29, 1.82) is 0 Å². The Morgan fingerprint density at radius 3 is 2.44 bits per heavy atom. The lowest BCUT2D eigenvalue weighted by atomic mass is 10.3. The number of carbonyl (C=O) groups is 1. The van der Waals surface area contributed by atoms with Gasteiger partial charge in [-0.1, -0.05) is 48.2 Å². The zero-order valence-corrected chi connectivity index (χ0v) is 14.6. The van der Waals surface area contributed by atoms with Gasteiger partial charge in [0.2, 0.25) is 5.91 Å². The van der Waals surface area contributed by atoms with Gasteiger partial charge in [0.1, 0.15) is 6.54 Å². The molecule has 0 spiro atoms. The first-order valence-corrected chi connectivity index (χ1v) is 8.73. The summed E-state index contributed by atoms with van der Waals surface area (Å²) in [5.74, 6) is -0.225. The smallest absolute Gasteiger partial charge is 0.251 e. The number of aromatic nitrogens is 1. The summed E-state index contributed by atoms with van der Waals surface area (Å²) in [6.45, 7) is 1.81. The molecule has 1 N–H and O–H groups in total. The van der Waals surface area contributed by atoms with Gasteiger partial charge in [-0.15, -0.1) is 0 Å². The summed E-state index contributed by atoms with van der Waals surface area (Å²) >= 11 is 1.59. The van der Waals surface area contributed by atoms with E-state index in [1.54, 1.807) is 17.8 Å². The van der Waals surface area contributed by atoms with Gasteiger partial charge in [0.15, 0.2) is 0 Å². The number of nitrogens with zero attached hydrogens (tertiary/aromatic N) is 1. The van der Waals surface area contributed by atoms with Crippen LogP contribution in [0.15, 0.2) is 87.4 Å². The molecule has 0 radical (unpaired) electrons. The molecule has 0 aliphatic rings. The topological polar surface area (TPSA) is 51.1 Å². The van der Waals surface area contributed by atoms with E-state index in [0.717, 1.165) is 21.2 Å². The second-order valence-electron chi connectivity index (χ2n) is 5.55. The molecule has 1 heterocycles. The van der Waals surface area contributed by atoms with Crippen LogP contribution in [0.2, 0.25) is 0 Å². The van der Waals surface area contributed by atoms with E-state index in [9.17, 15) is 9.59 Å². The minimum Gasteiger partial charge on any atom is -0.324 e. The zero-order chi connectivity index (χ0) is 17.6. The number of anilines is 1. The van der Waals surface area contributed by atoms with E-state index < -0.39 is 0 Å². The van der Waals surface area contributed by atoms with Gasteiger partial charge in [-0.25, -0.2) is 0 Å². The molecule has 0 saturated carbocycles. The van der Waals surface area contributed by atoms with E-state index in [-0.39, 0.29) is 18.0 Å². The van der Waals surface area contributed by atoms with Crippen molar-refractivity contribution in [3.63, 3.8) is 0 Å². The molecule has 0 unspecified atom stereocenters. The van der Waals surface area contributed by atoms with Gasteiger partial charge in [0.05, 0.1) is 5.69 Å². The van der Waals surface area contributed by atoms with Crippen molar-refractivity contribution in [3.05, 3.63) is 88.8 Å². The highest BCUT2D eigenvalue weighted by atomic mass is 32.2. The van der Waals surface area contributed by atoms with Crippen LogP contribution in [0.25, 0.3) is 0 Å². The predicted molar refractivity (Wildman–Crippen MR) is 101 cm³/mol. The van der Waals surface area contributed by atoms with E-state index in [1.807, 2.05) is 67.6 Å². The van der Waals surface area contributed by atoms with Crippen LogP contribution in [-0.2, 0) is 11.3 Å². The number of hydrogen-bond acceptors (Lipinski definition) is 3. The number of pyridine rings is 1. The minimum atomic E-state index is -0.225. The Bertz CT molecular complexity index is 936. The molecule has 0 aliphatic carbocycles. The van der Waals surface area contributed by atoms with E-state index in [4.69, 9.17) is 0 Å². The van der Waals surface area contributed by atoms with Crippen molar-refractivity contribution in [1.82, 2.24) is 4.57 Å². The third-order valence-corrected chi connectivity index (χ3v) is 4.79. The maximum absolute atomic E-state index is 12.4. The SMILES string of the molecule is Cc1cccc(=O)n1CC(=O)Nc1ccccc1Sc1ccccc1. The van der Waals surface area contributed by atoms with E-state index in [1.165, 1.54) is 10.6 Å². The van der Waals surface area contributed by atoms with Gasteiger partial charge in [-0.05, 0) is 37.3 Å². The van der Waals surface area contributed by atoms with Crippen molar-refractivity contribution in [2.45, 2.75) is 23.3 Å². The number of rotatable bonds is 5. The largest absolute Gasteiger partial charge is 0.324 e. The van der Waals surface area contributed by atoms with Crippen molar-refractivity contribution >= 4 is 23.4 Å². The summed E-state index contributed by atoms with van der Waals surface area (Å²) in [4.78, 5) is 26.4. The van der Waals surface area contributed by atoms with Crippen LogP contribution in [0.4, 0.5) is 5.69 Å². The number of hydrogen-bond donors (Lipinski definition) is 1. The molecule has 2 aromatic carbocycles. The third kappa shape index (κ3) is 4.39. The Hall–Kier alpha value is -2.79. The van der Waals surface area contributed by atoms with Crippen LogP contribution in [0.3, 0.4) is 0 Å². The average Bonchev–Trinajstić information content (AvgIpc) is 2.61. The summed E-state index contributed by atoms with van der Waals surface area (Å²) in [5.41, 5.74) is 1.32. The molecule has 1 amide bonds. The summed E-state index contributed by atoms with van der Waals surface area (Å²) in [5, 5.41) is 2.91. The summed E-state index contributed by atoms with van der Waals surface area (Å²) < 4.78 is 1.46. The van der Waals surface area contributed by atoms with Crippen LogP contribution in [0, 0.1) is 6.92 Å². The van der Waals surface area contributed by atoms with E-state index in [0.29, 0.717) is 0 Å². The first-order valence-electron chi connectivity index (χ1n) is 7.92. The Morgan fingerprint density at radius 1 is 0.960 bits per heavy atom. The van der Waals surface area contributed by atoms with Crippen LogP contribution in [-0.4, -0.2) is 10.5 Å². The lowest BCUT2D eigenvalue weighted by Gasteiger charge is -2.13. The quantitative estimate of drug-likeness (QED) is 0.758. The Balaban J connectivity index is 1.77. The normalized spacial score (nSPS) is 10.4. The second kappa shape index (κ2) is 7.85. The van der Waals surface area contributed by atoms with E-state index in [2.05, 4.69) is 5.32 Å². The van der Waals surface area contributed by atoms with Crippen molar-refractivity contribution in [2.75, 3.05) is 5.32 Å². The minimum absolute atomic E-state index is 0.00412. The van der Waals surface area contributed by atoms with Crippen molar-refractivity contribution in [2.24, 2.45) is 0 Å². The van der Waals surface area contributed by atoms with Crippen LogP contribution < -0.4 is 10.9 Å². The number of para-hydroxylation sites is 1. The first kappa shape index (κ1) is 17.0. The monoisotopic (exact) mass is 350 g/mol. The van der Waals surface area contributed by atoms with Crippen molar-refractivity contribution in [3.8, 4) is 0 Å². The molecule has 0 atom stereocenters. The zero-order valence-electron chi connectivity index (χ0n) is 13.8. The number of carbonyl (C=O) groups excluding carboxylic acids is 1. The highest BCUT2D eigenvalue weighted by Gasteiger charge is 2.10. The molecule has 0 aliphatic heterocycles. The molecule has 126 valence electrons. The van der Waals surface area contributed by atoms with Gasteiger partial charge in [-0.2, -0.15) is 0 Å². The number of benzene rings is 2. The maximum atomic E-state index is 12.4. The van der Waals surface area contributed by atoms with Crippen LogP contribution >= 0.6 is 11.8 Å². The number of nitrogens with one attached hydrogen (secondary N) is 1. The fourth-order valence-corrected chi connectivity index (χ4v) is 3.36. The third-order valence-electron chi connectivity index (χ3n) is 3.70. The Labute approximate surface area is 150 Å². The maximum Gasteiger partial charge on any atom is 0.251 e. The molecule has 3 rings (SSSR count). The molecule has 0 bridgehead atoms. The van der Waals surface area contributed by atoms with Gasteiger partial charge in [0.25, 0.3) is 5.56 Å². The highest BCUT2D eigenvalue weighted by Crippen LogP contribution is 2.33. The van der Waals surface area contributed by atoms with E-state index >= 15 is 0 Å². The van der Waals surface area contributed by atoms with Crippen LogP contribution in [0.1, 0.15) is 5.69 Å². The molecular formula is C20H18N2O2S. The van der Waals surface area contributed by atoms with Crippen LogP contribution in [0.5, 0.6) is 0 Å². The predicted octanol–water partition coefficient (Wildman–Crippen LogP) is 3.95. The second-order valence-corrected chi connectivity index (χ2v) is 6.67. The lowest BCUT2D eigenvalue weighted by Crippen LogP contribution is -2.28. The van der Waals surface area contributed by atoms with Gasteiger partial charge in [0, 0.05) is 21.6 Å². The fourth-order valence-electron chi connectivity index (χ4n) is 2.43. The first-order chi connectivity index (χ1) is 12.1. The molecule has 25 heavy (non-hydrogen) atoms. The average molecular weight is 350 g/mol. The standard InChI is InChI=1S/C20H18N2O2S/c1-15-8-7-13-20(24)22(15)14-19(23)21-17-11-5-6-12-18(17)25-16-9-3-2-4-10-16/h2-13H,14H2,1H3,(H,21,23). The molecule has 0 saturated heterocycles. The summed E-state index contributed by atoms with van der Waals surface area (Å²) in [6.07, 6.45) is 0. The highest BCUT2D eigenvalue weighted by molar-refractivity contribution is 7.99. The number of amides is 1. The molecule has 0 fully saturated rings. The summed E-state index contributed by atoms with van der Waals surface area (Å²) in [7, 11) is 0. The lowest BCUT2D eigenvalue weighted by molar-refractivity contribution is -0.116.